The SMILES string of the molecule is COc1ccc(C(F)(F)F)cc1-c1ccc(Cl)c(C(=O)O)c1. The molecular weight excluding hydrogens is 321 g/mol. The largest absolute Gasteiger partial charge is 0.496 e. The number of benzene rings is 2. The lowest BCUT2D eigenvalue weighted by atomic mass is 9.99. The van der Waals surface area contributed by atoms with Gasteiger partial charge in [-0.25, -0.2) is 4.79 Å². The molecule has 3 nitrogen and oxygen atoms in total. The Labute approximate surface area is 128 Å². The summed E-state index contributed by atoms with van der Waals surface area (Å²) in [6.45, 7) is 0. The molecule has 0 saturated heterocycles. The summed E-state index contributed by atoms with van der Waals surface area (Å²) in [5.41, 5.74) is -0.644. The third-order valence-corrected chi connectivity index (χ3v) is 3.36. The van der Waals surface area contributed by atoms with E-state index in [0.29, 0.717) is 0 Å². The van der Waals surface area contributed by atoms with Gasteiger partial charge in [-0.1, -0.05) is 17.7 Å². The van der Waals surface area contributed by atoms with E-state index in [2.05, 4.69) is 0 Å². The Kier molecular flexibility index (Phi) is 4.32. The fourth-order valence-corrected chi connectivity index (χ4v) is 2.16. The first-order valence-electron chi connectivity index (χ1n) is 6.02. The van der Waals surface area contributed by atoms with Gasteiger partial charge in [-0.15, -0.1) is 0 Å². The van der Waals surface area contributed by atoms with Crippen LogP contribution in [0, 0.1) is 0 Å². The molecule has 22 heavy (non-hydrogen) atoms. The number of hydrogen-bond donors (Lipinski definition) is 1. The summed E-state index contributed by atoms with van der Waals surface area (Å²) in [5, 5.41) is 9.05. The highest BCUT2D eigenvalue weighted by atomic mass is 35.5. The van der Waals surface area contributed by atoms with Gasteiger partial charge >= 0.3 is 12.1 Å². The summed E-state index contributed by atoms with van der Waals surface area (Å²) in [4.78, 5) is 11.1. The van der Waals surface area contributed by atoms with Crippen LogP contribution in [0.15, 0.2) is 36.4 Å². The van der Waals surface area contributed by atoms with Crippen LogP contribution in [0.2, 0.25) is 5.02 Å². The summed E-state index contributed by atoms with van der Waals surface area (Å²) in [5.74, 6) is -1.07. The zero-order valence-corrected chi connectivity index (χ0v) is 12.0. The van der Waals surface area contributed by atoms with Crippen molar-refractivity contribution < 1.29 is 27.8 Å². The van der Waals surface area contributed by atoms with Crippen LogP contribution in [0.25, 0.3) is 11.1 Å². The molecule has 0 aliphatic heterocycles. The van der Waals surface area contributed by atoms with E-state index in [-0.39, 0.29) is 27.5 Å². The molecule has 0 amide bonds. The maximum Gasteiger partial charge on any atom is 0.416 e. The van der Waals surface area contributed by atoms with Crippen LogP contribution in [0.3, 0.4) is 0 Å². The van der Waals surface area contributed by atoms with E-state index in [0.717, 1.165) is 12.1 Å². The van der Waals surface area contributed by atoms with E-state index in [1.807, 2.05) is 0 Å². The highest BCUT2D eigenvalue weighted by Crippen LogP contribution is 2.38. The highest BCUT2D eigenvalue weighted by Gasteiger charge is 2.31. The number of methoxy groups -OCH3 is 1. The lowest BCUT2D eigenvalue weighted by molar-refractivity contribution is -0.137. The first kappa shape index (κ1) is 16.2. The first-order chi connectivity index (χ1) is 10.2. The maximum absolute atomic E-state index is 12.8. The molecule has 0 fully saturated rings. The van der Waals surface area contributed by atoms with Gasteiger partial charge in [0, 0.05) is 5.56 Å². The van der Waals surface area contributed by atoms with E-state index in [1.165, 1.54) is 31.4 Å². The lowest BCUT2D eigenvalue weighted by Gasteiger charge is -2.13. The Bertz CT molecular complexity index is 726. The van der Waals surface area contributed by atoms with Crippen molar-refractivity contribution in [3.63, 3.8) is 0 Å². The van der Waals surface area contributed by atoms with Crippen molar-refractivity contribution in [3.8, 4) is 16.9 Å². The quantitative estimate of drug-likeness (QED) is 0.884. The smallest absolute Gasteiger partial charge is 0.416 e. The minimum absolute atomic E-state index is 0.00203. The molecule has 0 radical (unpaired) electrons. The number of carboxylic acid groups (broad SMARTS) is 1. The number of halogens is 4. The van der Waals surface area contributed by atoms with Crippen LogP contribution in [0.4, 0.5) is 13.2 Å². The number of alkyl halides is 3. The molecule has 0 bridgehead atoms. The fraction of sp³-hybridized carbons (Fsp3) is 0.133. The number of carbonyl (C=O) groups is 1. The van der Waals surface area contributed by atoms with Crippen LogP contribution in [0.1, 0.15) is 15.9 Å². The Hall–Kier alpha value is -2.21. The van der Waals surface area contributed by atoms with E-state index in [1.54, 1.807) is 0 Å². The second kappa shape index (κ2) is 5.88. The fourth-order valence-electron chi connectivity index (χ4n) is 1.97. The van der Waals surface area contributed by atoms with Crippen LogP contribution < -0.4 is 4.74 Å². The first-order valence-corrected chi connectivity index (χ1v) is 6.40. The number of rotatable bonds is 3. The number of ether oxygens (including phenoxy) is 1. The Morgan fingerprint density at radius 2 is 1.86 bits per heavy atom. The molecule has 0 saturated carbocycles. The summed E-state index contributed by atoms with van der Waals surface area (Å²) in [6, 6.07) is 6.97. The van der Waals surface area contributed by atoms with Crippen LogP contribution in [-0.2, 0) is 6.18 Å². The van der Waals surface area contributed by atoms with Crippen molar-refractivity contribution in [2.45, 2.75) is 6.18 Å². The van der Waals surface area contributed by atoms with Crippen molar-refractivity contribution in [1.29, 1.82) is 0 Å². The molecule has 2 aromatic rings. The summed E-state index contributed by atoms with van der Waals surface area (Å²) >= 11 is 5.76. The monoisotopic (exact) mass is 330 g/mol. The number of carboxylic acids is 1. The molecule has 116 valence electrons. The van der Waals surface area contributed by atoms with Crippen molar-refractivity contribution in [1.82, 2.24) is 0 Å². The average molecular weight is 331 g/mol. The molecule has 0 unspecified atom stereocenters. The molecule has 2 aromatic carbocycles. The molecule has 0 aromatic heterocycles. The summed E-state index contributed by atoms with van der Waals surface area (Å²) in [6.07, 6.45) is -4.51. The second-order valence-electron chi connectivity index (χ2n) is 4.41. The third-order valence-electron chi connectivity index (χ3n) is 3.03. The minimum Gasteiger partial charge on any atom is -0.496 e. The van der Waals surface area contributed by atoms with Gasteiger partial charge in [0.15, 0.2) is 0 Å². The molecule has 0 aliphatic rings. The molecule has 7 heteroatoms. The molecule has 1 N–H and O–H groups in total. The summed E-state index contributed by atoms with van der Waals surface area (Å²) in [7, 11) is 1.32. The molecule has 0 spiro atoms. The minimum atomic E-state index is -4.51. The van der Waals surface area contributed by atoms with Crippen LogP contribution >= 0.6 is 11.6 Å². The van der Waals surface area contributed by atoms with Crippen molar-refractivity contribution in [2.24, 2.45) is 0 Å². The average Bonchev–Trinajstić information content (AvgIpc) is 2.46. The van der Waals surface area contributed by atoms with E-state index >= 15 is 0 Å². The van der Waals surface area contributed by atoms with Gasteiger partial charge in [0.25, 0.3) is 0 Å². The molecular formula is C15H10ClF3O3. The van der Waals surface area contributed by atoms with Crippen LogP contribution in [0.5, 0.6) is 5.75 Å². The topological polar surface area (TPSA) is 46.5 Å². The van der Waals surface area contributed by atoms with Gasteiger partial charge < -0.3 is 9.84 Å². The lowest BCUT2D eigenvalue weighted by Crippen LogP contribution is -2.05. The zero-order chi connectivity index (χ0) is 16.5. The van der Waals surface area contributed by atoms with Gasteiger partial charge in [-0.3, -0.25) is 0 Å². The number of hydrogen-bond acceptors (Lipinski definition) is 2. The second-order valence-corrected chi connectivity index (χ2v) is 4.82. The van der Waals surface area contributed by atoms with Gasteiger partial charge in [0.1, 0.15) is 5.75 Å². The van der Waals surface area contributed by atoms with E-state index in [9.17, 15) is 18.0 Å². The maximum atomic E-state index is 12.8. The zero-order valence-electron chi connectivity index (χ0n) is 11.2. The standard InChI is InChI=1S/C15H10ClF3O3/c1-22-13-5-3-9(15(17,18)19)7-10(13)8-2-4-12(16)11(6-8)14(20)21/h2-7H,1H3,(H,20,21). The number of aromatic carboxylic acids is 1. The third kappa shape index (κ3) is 3.17. The van der Waals surface area contributed by atoms with Crippen molar-refractivity contribution in [3.05, 3.63) is 52.5 Å². The van der Waals surface area contributed by atoms with E-state index in [4.69, 9.17) is 21.4 Å². The van der Waals surface area contributed by atoms with Gasteiger partial charge in [0.2, 0.25) is 0 Å². The van der Waals surface area contributed by atoms with Crippen molar-refractivity contribution in [2.75, 3.05) is 7.11 Å². The molecule has 0 aliphatic carbocycles. The summed E-state index contributed by atoms with van der Waals surface area (Å²) < 4.78 is 43.6. The predicted octanol–water partition coefficient (Wildman–Crippen LogP) is 4.73. The Balaban J connectivity index is 2.65. The van der Waals surface area contributed by atoms with Gasteiger partial charge in [-0.05, 0) is 35.9 Å². The van der Waals surface area contributed by atoms with Crippen LogP contribution in [-0.4, -0.2) is 18.2 Å². The van der Waals surface area contributed by atoms with E-state index < -0.39 is 17.7 Å². The predicted molar refractivity (Wildman–Crippen MR) is 75.4 cm³/mol. The Morgan fingerprint density at radius 1 is 1.18 bits per heavy atom. The Morgan fingerprint density at radius 3 is 2.41 bits per heavy atom. The van der Waals surface area contributed by atoms with Gasteiger partial charge in [0.05, 0.1) is 23.3 Å². The van der Waals surface area contributed by atoms with Gasteiger partial charge in [-0.2, -0.15) is 13.2 Å². The normalized spacial score (nSPS) is 11.3. The van der Waals surface area contributed by atoms with Crippen molar-refractivity contribution >= 4 is 17.6 Å². The molecule has 0 atom stereocenters. The molecule has 0 heterocycles. The molecule has 2 rings (SSSR count). The highest BCUT2D eigenvalue weighted by molar-refractivity contribution is 6.33.